The first-order chi connectivity index (χ1) is 13.1. The first-order valence-electron chi connectivity index (χ1n) is 8.33. The number of aromatic nitrogens is 1. The molecule has 0 aliphatic heterocycles. The van der Waals surface area contributed by atoms with Gasteiger partial charge < -0.3 is 14.5 Å². The van der Waals surface area contributed by atoms with Gasteiger partial charge in [0.25, 0.3) is 0 Å². The lowest BCUT2D eigenvalue weighted by Gasteiger charge is -2.08. The van der Waals surface area contributed by atoms with Crippen molar-refractivity contribution < 1.29 is 18.7 Å². The van der Waals surface area contributed by atoms with Crippen molar-refractivity contribution in [1.29, 1.82) is 0 Å². The Labute approximate surface area is 156 Å². The Hall–Kier alpha value is -3.67. The molecule has 0 aliphatic rings. The van der Waals surface area contributed by atoms with Crippen LogP contribution in [0.3, 0.4) is 0 Å². The molecular weight excluding hydrogens is 344 g/mol. The van der Waals surface area contributed by atoms with Crippen LogP contribution in [-0.2, 0) is 20.9 Å². The zero-order valence-corrected chi connectivity index (χ0v) is 14.7. The number of carbonyl (C=O) groups is 2. The number of amides is 1. The molecule has 0 fully saturated rings. The first kappa shape index (κ1) is 18.1. The first-order valence-corrected chi connectivity index (χ1v) is 8.33. The summed E-state index contributed by atoms with van der Waals surface area (Å²) >= 11 is 0. The second-order valence-electron chi connectivity index (χ2n) is 5.71. The lowest BCUT2D eigenvalue weighted by molar-refractivity contribution is -0.142. The molecule has 6 heteroatoms. The van der Waals surface area contributed by atoms with Crippen molar-refractivity contribution in [3.8, 4) is 11.3 Å². The predicted molar refractivity (Wildman–Crippen MR) is 100.0 cm³/mol. The lowest BCUT2D eigenvalue weighted by atomic mass is 10.2. The van der Waals surface area contributed by atoms with Crippen molar-refractivity contribution in [2.24, 2.45) is 0 Å². The minimum atomic E-state index is -0.673. The largest absolute Gasteiger partial charge is 0.451 e. The minimum absolute atomic E-state index is 0.0449. The van der Waals surface area contributed by atoms with Crippen LogP contribution >= 0.6 is 0 Å². The van der Waals surface area contributed by atoms with Crippen LogP contribution in [0.2, 0.25) is 0 Å². The van der Waals surface area contributed by atoms with Gasteiger partial charge in [-0.05, 0) is 11.6 Å². The molecule has 136 valence electrons. The SMILES string of the molecule is CC(=O)N/C(=C/c1ccccc1)C(=O)OCc1ncc(-c2ccccc2)o1. The molecule has 1 amide bonds. The zero-order valence-electron chi connectivity index (χ0n) is 14.7. The molecule has 3 rings (SSSR count). The van der Waals surface area contributed by atoms with Gasteiger partial charge >= 0.3 is 5.97 Å². The summed E-state index contributed by atoms with van der Waals surface area (Å²) in [6.45, 7) is 1.18. The fourth-order valence-corrected chi connectivity index (χ4v) is 2.37. The van der Waals surface area contributed by atoms with Crippen molar-refractivity contribution in [3.63, 3.8) is 0 Å². The number of esters is 1. The number of benzene rings is 2. The maximum Gasteiger partial charge on any atom is 0.355 e. The van der Waals surface area contributed by atoms with Gasteiger partial charge in [0.1, 0.15) is 5.70 Å². The summed E-state index contributed by atoms with van der Waals surface area (Å²) in [5.74, 6) is -0.183. The summed E-state index contributed by atoms with van der Waals surface area (Å²) in [6.07, 6.45) is 3.13. The van der Waals surface area contributed by atoms with E-state index in [1.807, 2.05) is 60.7 Å². The highest BCUT2D eigenvalue weighted by Gasteiger charge is 2.15. The van der Waals surface area contributed by atoms with Gasteiger partial charge in [-0.2, -0.15) is 0 Å². The molecule has 0 unspecified atom stereocenters. The summed E-state index contributed by atoms with van der Waals surface area (Å²) in [5.41, 5.74) is 1.69. The maximum atomic E-state index is 12.4. The van der Waals surface area contributed by atoms with Crippen LogP contribution in [0.25, 0.3) is 17.4 Å². The standard InChI is InChI=1S/C21H18N2O4/c1-15(24)23-18(12-16-8-4-2-5-9-16)21(25)26-14-20-22-13-19(27-20)17-10-6-3-7-11-17/h2-13H,14H2,1H3,(H,23,24)/b18-12+. The Kier molecular flexibility index (Phi) is 5.79. The van der Waals surface area contributed by atoms with Gasteiger partial charge in [-0.1, -0.05) is 60.7 Å². The van der Waals surface area contributed by atoms with Crippen molar-refractivity contribution in [1.82, 2.24) is 10.3 Å². The number of nitrogens with one attached hydrogen (secondary N) is 1. The van der Waals surface area contributed by atoms with Gasteiger partial charge in [-0.25, -0.2) is 9.78 Å². The summed E-state index contributed by atoms with van der Waals surface area (Å²) in [5, 5.41) is 2.49. The molecule has 0 radical (unpaired) electrons. The molecule has 0 spiro atoms. The second kappa shape index (κ2) is 8.62. The van der Waals surface area contributed by atoms with Gasteiger partial charge in [0.2, 0.25) is 11.8 Å². The number of hydrogen-bond acceptors (Lipinski definition) is 5. The molecule has 2 aromatic carbocycles. The fourth-order valence-electron chi connectivity index (χ4n) is 2.37. The van der Waals surface area contributed by atoms with Gasteiger partial charge in [-0.3, -0.25) is 4.79 Å². The van der Waals surface area contributed by atoms with E-state index in [4.69, 9.17) is 9.15 Å². The normalized spacial score (nSPS) is 11.1. The molecular formula is C21H18N2O4. The van der Waals surface area contributed by atoms with Gasteiger partial charge in [0, 0.05) is 12.5 Å². The van der Waals surface area contributed by atoms with Crippen LogP contribution in [0.1, 0.15) is 18.4 Å². The van der Waals surface area contributed by atoms with E-state index in [2.05, 4.69) is 10.3 Å². The Morgan fingerprint density at radius 1 is 1.07 bits per heavy atom. The maximum absolute atomic E-state index is 12.4. The second-order valence-corrected chi connectivity index (χ2v) is 5.71. The smallest absolute Gasteiger partial charge is 0.355 e. The molecule has 0 bridgehead atoms. The van der Waals surface area contributed by atoms with Crippen LogP contribution in [-0.4, -0.2) is 16.9 Å². The van der Waals surface area contributed by atoms with E-state index >= 15 is 0 Å². The van der Waals surface area contributed by atoms with Gasteiger partial charge in [0.05, 0.1) is 6.20 Å². The van der Waals surface area contributed by atoms with E-state index in [-0.39, 0.29) is 24.1 Å². The van der Waals surface area contributed by atoms with E-state index in [1.165, 1.54) is 6.92 Å². The third-order valence-corrected chi connectivity index (χ3v) is 3.58. The summed E-state index contributed by atoms with van der Waals surface area (Å²) in [6, 6.07) is 18.6. The monoisotopic (exact) mass is 362 g/mol. The lowest BCUT2D eigenvalue weighted by Crippen LogP contribution is -2.26. The Bertz CT molecular complexity index is 947. The predicted octanol–water partition coefficient (Wildman–Crippen LogP) is 3.56. The highest BCUT2D eigenvalue weighted by atomic mass is 16.5. The van der Waals surface area contributed by atoms with Gasteiger partial charge in [-0.15, -0.1) is 0 Å². The summed E-state index contributed by atoms with van der Waals surface area (Å²) in [7, 11) is 0. The average molecular weight is 362 g/mol. The van der Waals surface area contributed by atoms with E-state index in [0.717, 1.165) is 11.1 Å². The van der Waals surface area contributed by atoms with E-state index in [9.17, 15) is 9.59 Å². The van der Waals surface area contributed by atoms with Crippen LogP contribution in [0, 0.1) is 0 Å². The molecule has 1 heterocycles. The molecule has 0 atom stereocenters. The quantitative estimate of drug-likeness (QED) is 0.536. The highest BCUT2D eigenvalue weighted by Crippen LogP contribution is 2.20. The topological polar surface area (TPSA) is 81.4 Å². The van der Waals surface area contributed by atoms with Gasteiger partial charge in [0.15, 0.2) is 12.4 Å². The molecule has 3 aromatic rings. The van der Waals surface area contributed by atoms with Crippen LogP contribution in [0.15, 0.2) is 77.0 Å². The number of oxazole rings is 1. The van der Waals surface area contributed by atoms with Crippen molar-refractivity contribution in [2.45, 2.75) is 13.5 Å². The molecule has 0 saturated carbocycles. The Morgan fingerprint density at radius 2 is 1.74 bits per heavy atom. The number of ether oxygens (including phenoxy) is 1. The minimum Gasteiger partial charge on any atom is -0.451 e. The Balaban J connectivity index is 1.68. The molecule has 1 aromatic heterocycles. The Morgan fingerprint density at radius 3 is 2.41 bits per heavy atom. The van der Waals surface area contributed by atoms with Crippen molar-refractivity contribution in [2.75, 3.05) is 0 Å². The highest BCUT2D eigenvalue weighted by molar-refractivity contribution is 5.97. The van der Waals surface area contributed by atoms with Crippen LogP contribution in [0.5, 0.6) is 0 Å². The van der Waals surface area contributed by atoms with E-state index < -0.39 is 5.97 Å². The molecule has 27 heavy (non-hydrogen) atoms. The summed E-state index contributed by atoms with van der Waals surface area (Å²) < 4.78 is 10.8. The number of nitrogens with zero attached hydrogens (tertiary/aromatic N) is 1. The van der Waals surface area contributed by atoms with Crippen molar-refractivity contribution >= 4 is 18.0 Å². The third-order valence-electron chi connectivity index (χ3n) is 3.58. The molecule has 0 saturated heterocycles. The number of carbonyl (C=O) groups excluding carboxylic acids is 2. The number of hydrogen-bond donors (Lipinski definition) is 1. The summed E-state index contributed by atoms with van der Waals surface area (Å²) in [4.78, 5) is 27.9. The third kappa shape index (κ3) is 5.15. The number of rotatable bonds is 6. The van der Waals surface area contributed by atoms with Crippen LogP contribution in [0.4, 0.5) is 0 Å². The van der Waals surface area contributed by atoms with Crippen LogP contribution < -0.4 is 5.32 Å². The molecule has 0 aliphatic carbocycles. The molecule has 1 N–H and O–H groups in total. The zero-order chi connectivity index (χ0) is 19.1. The van der Waals surface area contributed by atoms with E-state index in [0.29, 0.717) is 5.76 Å². The van der Waals surface area contributed by atoms with E-state index in [1.54, 1.807) is 12.3 Å². The molecule has 6 nitrogen and oxygen atoms in total. The average Bonchev–Trinajstić information content (AvgIpc) is 3.16. The fraction of sp³-hybridized carbons (Fsp3) is 0.0952. The van der Waals surface area contributed by atoms with Crippen molar-refractivity contribution in [3.05, 3.63) is 84.0 Å².